The van der Waals surface area contributed by atoms with Crippen LogP contribution in [0.2, 0.25) is 0 Å². The lowest BCUT2D eigenvalue weighted by atomic mass is 10.1. The Morgan fingerprint density at radius 3 is 2.35 bits per heavy atom. The predicted octanol–water partition coefficient (Wildman–Crippen LogP) is 2.81. The molecule has 0 spiro atoms. The fourth-order valence-electron chi connectivity index (χ4n) is 2.14. The summed E-state index contributed by atoms with van der Waals surface area (Å²) < 4.78 is 25.6. The standard InChI is InChI=1S/C17H20N2O3S/c1-12-6-5-7-14(10-12)18-17(20)16-11-15(9-8-13(16)2)23(21,22)19(3)4/h5-11H,1-4H3,(H,18,20). The van der Waals surface area contributed by atoms with Gasteiger partial charge in [-0.05, 0) is 49.2 Å². The predicted molar refractivity (Wildman–Crippen MR) is 91.2 cm³/mol. The summed E-state index contributed by atoms with van der Waals surface area (Å²) in [5.41, 5.74) is 2.76. The van der Waals surface area contributed by atoms with E-state index >= 15 is 0 Å². The van der Waals surface area contributed by atoms with E-state index in [0.29, 0.717) is 16.8 Å². The van der Waals surface area contributed by atoms with Crippen molar-refractivity contribution in [2.75, 3.05) is 19.4 Å². The maximum Gasteiger partial charge on any atom is 0.255 e. The quantitative estimate of drug-likeness (QED) is 0.936. The second kappa shape index (κ2) is 6.52. The molecule has 122 valence electrons. The number of nitrogens with one attached hydrogen (secondary N) is 1. The molecule has 1 N–H and O–H groups in total. The summed E-state index contributed by atoms with van der Waals surface area (Å²) in [5.74, 6) is -0.330. The van der Waals surface area contributed by atoms with Crippen LogP contribution in [0.5, 0.6) is 0 Å². The molecule has 2 rings (SSSR count). The minimum absolute atomic E-state index is 0.0995. The van der Waals surface area contributed by atoms with Crippen molar-refractivity contribution in [2.45, 2.75) is 18.7 Å². The van der Waals surface area contributed by atoms with E-state index in [9.17, 15) is 13.2 Å². The first-order chi connectivity index (χ1) is 10.7. The number of carbonyl (C=O) groups excluding carboxylic acids is 1. The number of hydrogen-bond acceptors (Lipinski definition) is 3. The van der Waals surface area contributed by atoms with E-state index in [1.807, 2.05) is 25.1 Å². The summed E-state index contributed by atoms with van der Waals surface area (Å²) in [7, 11) is -0.656. The smallest absolute Gasteiger partial charge is 0.255 e. The highest BCUT2D eigenvalue weighted by Crippen LogP contribution is 2.19. The molecule has 0 radical (unpaired) electrons. The molecular weight excluding hydrogens is 312 g/mol. The summed E-state index contributed by atoms with van der Waals surface area (Å²) in [6.45, 7) is 3.71. The van der Waals surface area contributed by atoms with Crippen LogP contribution >= 0.6 is 0 Å². The third-order valence-corrected chi connectivity index (χ3v) is 5.32. The Kier molecular flexibility index (Phi) is 4.87. The Hall–Kier alpha value is -2.18. The summed E-state index contributed by atoms with van der Waals surface area (Å²) in [6.07, 6.45) is 0. The van der Waals surface area contributed by atoms with Crippen LogP contribution in [0.25, 0.3) is 0 Å². The molecule has 0 aliphatic carbocycles. The highest BCUT2D eigenvalue weighted by atomic mass is 32.2. The summed E-state index contributed by atoms with van der Waals surface area (Å²) in [5, 5.41) is 2.80. The van der Waals surface area contributed by atoms with Gasteiger partial charge in [0.05, 0.1) is 4.90 Å². The normalized spacial score (nSPS) is 11.5. The average molecular weight is 332 g/mol. The van der Waals surface area contributed by atoms with Gasteiger partial charge in [-0.25, -0.2) is 12.7 Å². The van der Waals surface area contributed by atoms with Crippen LogP contribution in [0.4, 0.5) is 5.69 Å². The van der Waals surface area contributed by atoms with E-state index in [0.717, 1.165) is 9.87 Å². The third-order valence-electron chi connectivity index (χ3n) is 3.51. The highest BCUT2D eigenvalue weighted by Gasteiger charge is 2.20. The Balaban J connectivity index is 2.37. The molecule has 0 saturated heterocycles. The van der Waals surface area contributed by atoms with Crippen LogP contribution in [-0.2, 0) is 10.0 Å². The molecule has 0 saturated carbocycles. The van der Waals surface area contributed by atoms with Crippen molar-refractivity contribution in [3.8, 4) is 0 Å². The summed E-state index contributed by atoms with van der Waals surface area (Å²) in [6, 6.07) is 12.0. The summed E-state index contributed by atoms with van der Waals surface area (Å²) >= 11 is 0. The Morgan fingerprint density at radius 2 is 1.74 bits per heavy atom. The topological polar surface area (TPSA) is 66.5 Å². The second-order valence-corrected chi connectivity index (χ2v) is 7.74. The molecule has 0 unspecified atom stereocenters. The van der Waals surface area contributed by atoms with Crippen LogP contribution in [0, 0.1) is 13.8 Å². The lowest BCUT2D eigenvalue weighted by molar-refractivity contribution is 0.102. The molecule has 2 aromatic rings. The van der Waals surface area contributed by atoms with Crippen molar-refractivity contribution in [2.24, 2.45) is 0 Å². The first-order valence-electron chi connectivity index (χ1n) is 7.13. The molecule has 2 aromatic carbocycles. The molecule has 6 heteroatoms. The molecule has 0 atom stereocenters. The first kappa shape index (κ1) is 17.2. The van der Waals surface area contributed by atoms with Crippen LogP contribution < -0.4 is 5.32 Å². The fourth-order valence-corrected chi connectivity index (χ4v) is 3.07. The Labute approximate surface area is 137 Å². The molecule has 0 fully saturated rings. The average Bonchev–Trinajstić information content (AvgIpc) is 2.47. The van der Waals surface area contributed by atoms with Crippen molar-refractivity contribution in [1.82, 2.24) is 4.31 Å². The van der Waals surface area contributed by atoms with Gasteiger partial charge in [0.15, 0.2) is 0 Å². The van der Waals surface area contributed by atoms with E-state index in [-0.39, 0.29) is 10.8 Å². The lowest BCUT2D eigenvalue weighted by Gasteiger charge is -2.14. The van der Waals surface area contributed by atoms with Gasteiger partial charge in [0.1, 0.15) is 0 Å². The molecule has 0 aliphatic rings. The number of hydrogen-bond donors (Lipinski definition) is 1. The van der Waals surface area contributed by atoms with E-state index in [4.69, 9.17) is 0 Å². The van der Waals surface area contributed by atoms with Crippen LogP contribution in [0.3, 0.4) is 0 Å². The molecule has 23 heavy (non-hydrogen) atoms. The van der Waals surface area contributed by atoms with Crippen molar-refractivity contribution in [3.05, 3.63) is 59.2 Å². The minimum atomic E-state index is -3.58. The molecule has 1 amide bonds. The van der Waals surface area contributed by atoms with Gasteiger partial charge in [0.2, 0.25) is 10.0 Å². The number of amides is 1. The van der Waals surface area contributed by atoms with Gasteiger partial charge in [-0.3, -0.25) is 4.79 Å². The maximum absolute atomic E-state index is 12.5. The third kappa shape index (κ3) is 3.78. The van der Waals surface area contributed by atoms with Crippen molar-refractivity contribution in [1.29, 1.82) is 0 Å². The molecular formula is C17H20N2O3S. The molecule has 0 aliphatic heterocycles. The maximum atomic E-state index is 12.5. The molecule has 0 bridgehead atoms. The number of benzene rings is 2. The highest BCUT2D eigenvalue weighted by molar-refractivity contribution is 7.89. The first-order valence-corrected chi connectivity index (χ1v) is 8.57. The molecule has 5 nitrogen and oxygen atoms in total. The SMILES string of the molecule is Cc1cccc(NC(=O)c2cc(S(=O)(=O)N(C)C)ccc2C)c1. The van der Waals surface area contributed by atoms with Crippen molar-refractivity contribution < 1.29 is 13.2 Å². The monoisotopic (exact) mass is 332 g/mol. The number of anilines is 1. The van der Waals surface area contributed by atoms with E-state index in [2.05, 4.69) is 5.32 Å². The van der Waals surface area contributed by atoms with Gasteiger partial charge in [-0.15, -0.1) is 0 Å². The number of sulfonamides is 1. The second-order valence-electron chi connectivity index (χ2n) is 5.59. The Morgan fingerprint density at radius 1 is 1.04 bits per heavy atom. The van der Waals surface area contributed by atoms with Crippen LogP contribution in [0.1, 0.15) is 21.5 Å². The van der Waals surface area contributed by atoms with Gasteiger partial charge >= 0.3 is 0 Å². The summed E-state index contributed by atoms with van der Waals surface area (Å²) in [4.78, 5) is 12.6. The van der Waals surface area contributed by atoms with Gasteiger partial charge in [0, 0.05) is 25.3 Å². The number of rotatable bonds is 4. The number of carbonyl (C=O) groups is 1. The largest absolute Gasteiger partial charge is 0.322 e. The number of nitrogens with zero attached hydrogens (tertiary/aromatic N) is 1. The zero-order chi connectivity index (χ0) is 17.2. The van der Waals surface area contributed by atoms with Crippen molar-refractivity contribution >= 4 is 21.6 Å². The van der Waals surface area contributed by atoms with Gasteiger partial charge < -0.3 is 5.32 Å². The minimum Gasteiger partial charge on any atom is -0.322 e. The lowest BCUT2D eigenvalue weighted by Crippen LogP contribution is -2.23. The zero-order valence-electron chi connectivity index (χ0n) is 13.6. The molecule has 0 heterocycles. The number of aryl methyl sites for hydroxylation is 2. The van der Waals surface area contributed by atoms with E-state index in [1.165, 1.54) is 26.2 Å². The van der Waals surface area contributed by atoms with Crippen molar-refractivity contribution in [3.63, 3.8) is 0 Å². The fraction of sp³-hybridized carbons (Fsp3) is 0.235. The van der Waals surface area contributed by atoms with E-state index in [1.54, 1.807) is 19.1 Å². The Bertz CT molecular complexity index is 843. The zero-order valence-corrected chi connectivity index (χ0v) is 14.4. The van der Waals surface area contributed by atoms with E-state index < -0.39 is 10.0 Å². The van der Waals surface area contributed by atoms with Gasteiger partial charge in [-0.1, -0.05) is 18.2 Å². The van der Waals surface area contributed by atoms with Gasteiger partial charge in [-0.2, -0.15) is 0 Å². The van der Waals surface area contributed by atoms with Gasteiger partial charge in [0.25, 0.3) is 5.91 Å². The molecule has 0 aromatic heterocycles. The van der Waals surface area contributed by atoms with Crippen LogP contribution in [-0.4, -0.2) is 32.7 Å². The van der Waals surface area contributed by atoms with Crippen LogP contribution in [0.15, 0.2) is 47.4 Å².